The van der Waals surface area contributed by atoms with Gasteiger partial charge in [-0.25, -0.2) is 0 Å². The van der Waals surface area contributed by atoms with Crippen molar-refractivity contribution in [3.8, 4) is 5.69 Å². The summed E-state index contributed by atoms with van der Waals surface area (Å²) in [4.78, 5) is 12.4. The number of amides is 1. The fourth-order valence-electron chi connectivity index (χ4n) is 2.62. The van der Waals surface area contributed by atoms with Crippen molar-refractivity contribution in [2.24, 2.45) is 0 Å². The molecule has 2 N–H and O–H groups in total. The highest BCUT2D eigenvalue weighted by atomic mass is 32.1. The summed E-state index contributed by atoms with van der Waals surface area (Å²) < 4.78 is 7.79. The molecule has 23 heavy (non-hydrogen) atoms. The number of aromatic amines is 1. The van der Waals surface area contributed by atoms with Crippen LogP contribution >= 0.6 is 12.2 Å². The SMILES string of the molecule is CC1=C(C(=O)Nc2cccc(-n3c(C)n[nH]c3=S)c2)CCCO1. The smallest absolute Gasteiger partial charge is 0.254 e. The molecule has 0 bridgehead atoms. The maximum Gasteiger partial charge on any atom is 0.254 e. The average Bonchev–Trinajstić information content (AvgIpc) is 2.87. The average molecular weight is 330 g/mol. The third-order valence-electron chi connectivity index (χ3n) is 3.79. The highest BCUT2D eigenvalue weighted by molar-refractivity contribution is 7.71. The monoisotopic (exact) mass is 330 g/mol. The number of nitrogens with zero attached hydrogens (tertiary/aromatic N) is 2. The van der Waals surface area contributed by atoms with Gasteiger partial charge in [0, 0.05) is 5.69 Å². The van der Waals surface area contributed by atoms with Crippen molar-refractivity contribution >= 4 is 23.8 Å². The summed E-state index contributed by atoms with van der Waals surface area (Å²) in [6.07, 6.45) is 1.60. The van der Waals surface area contributed by atoms with Gasteiger partial charge in [0.1, 0.15) is 11.6 Å². The Kier molecular flexibility index (Phi) is 4.29. The fourth-order valence-corrected chi connectivity index (χ4v) is 2.90. The molecule has 2 aromatic rings. The van der Waals surface area contributed by atoms with Crippen LogP contribution < -0.4 is 5.32 Å². The van der Waals surface area contributed by atoms with Crippen LogP contribution in [0.2, 0.25) is 0 Å². The van der Waals surface area contributed by atoms with Crippen LogP contribution in [0.25, 0.3) is 5.69 Å². The molecule has 1 aliphatic heterocycles. The number of aryl methyl sites for hydroxylation is 1. The molecule has 7 heteroatoms. The van der Waals surface area contributed by atoms with Gasteiger partial charge in [-0.2, -0.15) is 5.10 Å². The van der Waals surface area contributed by atoms with E-state index in [0.717, 1.165) is 24.4 Å². The Labute approximate surface area is 139 Å². The number of nitrogens with one attached hydrogen (secondary N) is 2. The summed E-state index contributed by atoms with van der Waals surface area (Å²) in [5, 5.41) is 9.79. The Hall–Kier alpha value is -2.41. The van der Waals surface area contributed by atoms with Crippen molar-refractivity contribution in [1.82, 2.24) is 14.8 Å². The normalized spacial score (nSPS) is 14.5. The van der Waals surface area contributed by atoms with Crippen LogP contribution in [0.15, 0.2) is 35.6 Å². The van der Waals surface area contributed by atoms with Crippen LogP contribution in [0.1, 0.15) is 25.6 Å². The summed E-state index contributed by atoms with van der Waals surface area (Å²) in [7, 11) is 0. The van der Waals surface area contributed by atoms with E-state index >= 15 is 0 Å². The minimum Gasteiger partial charge on any atom is -0.498 e. The zero-order chi connectivity index (χ0) is 16.4. The summed E-state index contributed by atoms with van der Waals surface area (Å²) in [6, 6.07) is 7.51. The number of carbonyl (C=O) groups excluding carboxylic acids is 1. The van der Waals surface area contributed by atoms with Crippen LogP contribution in [-0.2, 0) is 9.53 Å². The first-order chi connectivity index (χ1) is 11.1. The number of aromatic nitrogens is 3. The van der Waals surface area contributed by atoms with Crippen molar-refractivity contribution in [3.05, 3.63) is 46.2 Å². The fraction of sp³-hybridized carbons (Fsp3) is 0.312. The number of H-pyrrole nitrogens is 1. The topological polar surface area (TPSA) is 71.9 Å². The van der Waals surface area contributed by atoms with Crippen LogP contribution in [0.3, 0.4) is 0 Å². The molecule has 1 aromatic heterocycles. The first-order valence-electron chi connectivity index (χ1n) is 7.44. The Morgan fingerprint density at radius 3 is 2.96 bits per heavy atom. The Bertz CT molecular complexity index is 835. The number of anilines is 1. The second-order valence-electron chi connectivity index (χ2n) is 5.40. The molecular weight excluding hydrogens is 312 g/mol. The first kappa shape index (κ1) is 15.5. The number of hydrogen-bond donors (Lipinski definition) is 2. The largest absolute Gasteiger partial charge is 0.498 e. The summed E-state index contributed by atoms with van der Waals surface area (Å²) in [5.41, 5.74) is 2.27. The number of ether oxygens (including phenoxy) is 1. The van der Waals surface area contributed by atoms with Gasteiger partial charge in [0.15, 0.2) is 4.77 Å². The van der Waals surface area contributed by atoms with Gasteiger partial charge < -0.3 is 10.1 Å². The van der Waals surface area contributed by atoms with Crippen LogP contribution in [0, 0.1) is 11.7 Å². The van der Waals surface area contributed by atoms with Crippen molar-refractivity contribution in [2.45, 2.75) is 26.7 Å². The molecule has 1 aliphatic rings. The lowest BCUT2D eigenvalue weighted by molar-refractivity contribution is -0.113. The van der Waals surface area contributed by atoms with Crippen LogP contribution in [0.4, 0.5) is 5.69 Å². The zero-order valence-electron chi connectivity index (χ0n) is 13.0. The number of rotatable bonds is 3. The molecule has 0 unspecified atom stereocenters. The molecule has 3 rings (SSSR count). The van der Waals surface area contributed by atoms with Crippen LogP contribution in [0.5, 0.6) is 0 Å². The van der Waals surface area contributed by atoms with Gasteiger partial charge in [-0.1, -0.05) is 6.07 Å². The first-order valence-corrected chi connectivity index (χ1v) is 7.85. The van der Waals surface area contributed by atoms with E-state index in [1.807, 2.05) is 42.7 Å². The molecule has 2 heterocycles. The number of allylic oxidation sites excluding steroid dienone is 1. The quantitative estimate of drug-likeness (QED) is 0.847. The predicted molar refractivity (Wildman–Crippen MR) is 90.0 cm³/mol. The van der Waals surface area contributed by atoms with Crippen molar-refractivity contribution in [2.75, 3.05) is 11.9 Å². The number of benzene rings is 1. The summed E-state index contributed by atoms with van der Waals surface area (Å²) >= 11 is 5.24. The zero-order valence-corrected chi connectivity index (χ0v) is 13.9. The molecule has 0 radical (unpaired) electrons. The Morgan fingerprint density at radius 2 is 2.26 bits per heavy atom. The van der Waals surface area contributed by atoms with E-state index in [0.29, 0.717) is 28.4 Å². The highest BCUT2D eigenvalue weighted by Gasteiger charge is 2.18. The third kappa shape index (κ3) is 3.19. The van der Waals surface area contributed by atoms with E-state index in [4.69, 9.17) is 17.0 Å². The van der Waals surface area contributed by atoms with Crippen molar-refractivity contribution in [3.63, 3.8) is 0 Å². The lowest BCUT2D eigenvalue weighted by Gasteiger charge is -2.18. The molecule has 0 saturated carbocycles. The summed E-state index contributed by atoms with van der Waals surface area (Å²) in [6.45, 7) is 4.37. The van der Waals surface area contributed by atoms with Gasteiger partial charge >= 0.3 is 0 Å². The molecule has 1 aromatic carbocycles. The lowest BCUT2D eigenvalue weighted by atomic mass is 10.1. The molecular formula is C16H18N4O2S. The third-order valence-corrected chi connectivity index (χ3v) is 4.06. The Morgan fingerprint density at radius 1 is 1.43 bits per heavy atom. The van der Waals surface area contributed by atoms with Gasteiger partial charge in [-0.15, -0.1) is 0 Å². The molecule has 0 aliphatic carbocycles. The number of carbonyl (C=O) groups is 1. The molecule has 0 spiro atoms. The molecule has 0 fully saturated rings. The van der Waals surface area contributed by atoms with E-state index in [9.17, 15) is 4.79 Å². The van der Waals surface area contributed by atoms with Gasteiger partial charge in [0.2, 0.25) is 0 Å². The molecule has 120 valence electrons. The van der Waals surface area contributed by atoms with Gasteiger partial charge in [-0.3, -0.25) is 14.5 Å². The van der Waals surface area contributed by atoms with E-state index in [-0.39, 0.29) is 5.91 Å². The van der Waals surface area contributed by atoms with Gasteiger partial charge in [-0.05, 0) is 57.1 Å². The van der Waals surface area contributed by atoms with Crippen LogP contribution in [-0.4, -0.2) is 27.3 Å². The van der Waals surface area contributed by atoms with E-state index in [1.165, 1.54) is 0 Å². The maximum atomic E-state index is 12.4. The van der Waals surface area contributed by atoms with E-state index in [1.54, 1.807) is 0 Å². The van der Waals surface area contributed by atoms with Crippen molar-refractivity contribution < 1.29 is 9.53 Å². The highest BCUT2D eigenvalue weighted by Crippen LogP contribution is 2.22. The second-order valence-corrected chi connectivity index (χ2v) is 5.79. The minimum atomic E-state index is -0.119. The number of hydrogen-bond acceptors (Lipinski definition) is 4. The molecule has 1 amide bonds. The lowest BCUT2D eigenvalue weighted by Crippen LogP contribution is -2.19. The summed E-state index contributed by atoms with van der Waals surface area (Å²) in [5.74, 6) is 1.35. The minimum absolute atomic E-state index is 0.119. The van der Waals surface area contributed by atoms with Gasteiger partial charge in [0.25, 0.3) is 5.91 Å². The maximum absolute atomic E-state index is 12.4. The molecule has 0 atom stereocenters. The van der Waals surface area contributed by atoms with Crippen molar-refractivity contribution in [1.29, 1.82) is 0 Å². The van der Waals surface area contributed by atoms with E-state index in [2.05, 4.69) is 15.5 Å². The standard InChI is InChI=1S/C16H18N4O2S/c1-10-14(7-4-8-22-10)15(21)17-12-5-3-6-13(9-12)20-11(2)18-19-16(20)23/h3,5-6,9H,4,7-8H2,1-2H3,(H,17,21)(H,19,23). The van der Waals surface area contributed by atoms with Gasteiger partial charge in [0.05, 0.1) is 17.9 Å². The van der Waals surface area contributed by atoms with E-state index < -0.39 is 0 Å². The predicted octanol–water partition coefficient (Wildman–Crippen LogP) is 3.26. The molecule has 6 nitrogen and oxygen atoms in total. The second kappa shape index (κ2) is 6.37. The Balaban J connectivity index is 1.86. The molecule has 0 saturated heterocycles.